The summed E-state index contributed by atoms with van der Waals surface area (Å²) in [6.07, 6.45) is 0.923. The number of halogens is 3. The van der Waals surface area contributed by atoms with E-state index in [4.69, 9.17) is 39.5 Å². The molecule has 1 saturated heterocycles. The van der Waals surface area contributed by atoms with Crippen LogP contribution in [-0.2, 0) is 9.53 Å². The van der Waals surface area contributed by atoms with Gasteiger partial charge >= 0.3 is 5.97 Å². The van der Waals surface area contributed by atoms with Gasteiger partial charge in [0, 0.05) is 5.92 Å². The molecule has 0 spiro atoms. The third kappa shape index (κ3) is 2.18. The second-order valence-electron chi connectivity index (χ2n) is 3.51. The monoisotopic (exact) mass is 256 g/mol. The zero-order valence-corrected chi connectivity index (χ0v) is 10.2. The van der Waals surface area contributed by atoms with Gasteiger partial charge in [-0.1, -0.05) is 41.7 Å². The van der Waals surface area contributed by atoms with Crippen LogP contribution in [0, 0.1) is 5.92 Å². The number of carbonyl (C=O) groups excluding carboxylic acids is 1. The van der Waals surface area contributed by atoms with Crippen LogP contribution in [0.15, 0.2) is 9.52 Å². The largest absolute Gasteiger partial charge is 0.459 e. The minimum absolute atomic E-state index is 0.00893. The molecule has 1 rings (SSSR count). The van der Waals surface area contributed by atoms with Crippen LogP contribution >= 0.6 is 34.8 Å². The van der Waals surface area contributed by atoms with Crippen LogP contribution in [0.4, 0.5) is 0 Å². The maximum atomic E-state index is 11.2. The molecule has 2 unspecified atom stereocenters. The highest BCUT2D eigenvalue weighted by molar-refractivity contribution is 6.59. The van der Waals surface area contributed by atoms with Gasteiger partial charge in [-0.3, -0.25) is 4.79 Å². The Bertz CT molecular complexity index is 284. The fourth-order valence-corrected chi connectivity index (χ4v) is 2.13. The lowest BCUT2D eigenvalue weighted by molar-refractivity contribution is -0.147. The molecule has 1 fully saturated rings. The normalized spacial score (nSPS) is 31.5. The Labute approximate surface area is 98.1 Å². The summed E-state index contributed by atoms with van der Waals surface area (Å²) >= 11 is 17.1. The predicted molar refractivity (Wildman–Crippen MR) is 57.5 cm³/mol. The highest BCUT2D eigenvalue weighted by Crippen LogP contribution is 2.43. The fourth-order valence-electron chi connectivity index (χ4n) is 1.56. The topological polar surface area (TPSA) is 26.3 Å². The lowest BCUT2D eigenvalue weighted by Gasteiger charge is -2.27. The third-order valence-corrected chi connectivity index (χ3v) is 3.70. The SMILES string of the molecule is CCC1(C)OC(=O)CC1C(Cl)=C(Cl)Cl. The highest BCUT2D eigenvalue weighted by atomic mass is 35.5. The molecular formula is C9H11Cl3O2. The Kier molecular flexibility index (Phi) is 3.73. The van der Waals surface area contributed by atoms with Crippen molar-refractivity contribution < 1.29 is 9.53 Å². The smallest absolute Gasteiger partial charge is 0.307 e. The second-order valence-corrected chi connectivity index (χ2v) is 4.86. The van der Waals surface area contributed by atoms with E-state index in [0.29, 0.717) is 11.5 Å². The summed E-state index contributed by atoms with van der Waals surface area (Å²) in [5.74, 6) is -0.487. The molecule has 0 saturated carbocycles. The van der Waals surface area contributed by atoms with Gasteiger partial charge in [-0.25, -0.2) is 0 Å². The van der Waals surface area contributed by atoms with Crippen molar-refractivity contribution in [3.05, 3.63) is 9.52 Å². The number of cyclic esters (lactones) is 1. The van der Waals surface area contributed by atoms with Crippen LogP contribution in [0.3, 0.4) is 0 Å². The van der Waals surface area contributed by atoms with E-state index in [0.717, 1.165) is 0 Å². The summed E-state index contributed by atoms with van der Waals surface area (Å²) < 4.78 is 5.22. The molecule has 80 valence electrons. The molecule has 5 heteroatoms. The molecule has 2 atom stereocenters. The highest BCUT2D eigenvalue weighted by Gasteiger charge is 2.46. The number of rotatable bonds is 2. The number of hydrogen-bond acceptors (Lipinski definition) is 2. The van der Waals surface area contributed by atoms with E-state index in [1.54, 1.807) is 0 Å². The van der Waals surface area contributed by atoms with Crippen molar-refractivity contribution in [2.45, 2.75) is 32.3 Å². The van der Waals surface area contributed by atoms with Gasteiger partial charge in [0.05, 0.1) is 11.5 Å². The number of ether oxygens (including phenoxy) is 1. The van der Waals surface area contributed by atoms with Gasteiger partial charge in [-0.15, -0.1) is 0 Å². The van der Waals surface area contributed by atoms with Crippen molar-refractivity contribution in [2.24, 2.45) is 5.92 Å². The van der Waals surface area contributed by atoms with Gasteiger partial charge < -0.3 is 4.74 Å². The summed E-state index contributed by atoms with van der Waals surface area (Å²) in [6.45, 7) is 3.76. The lowest BCUT2D eigenvalue weighted by Crippen LogP contribution is -2.31. The molecule has 0 aliphatic carbocycles. The average molecular weight is 258 g/mol. The van der Waals surface area contributed by atoms with Gasteiger partial charge in [0.15, 0.2) is 0 Å². The summed E-state index contributed by atoms with van der Waals surface area (Å²) in [7, 11) is 0. The minimum atomic E-state index is -0.580. The molecule has 1 heterocycles. The molecule has 0 aromatic carbocycles. The first-order chi connectivity index (χ1) is 6.40. The predicted octanol–water partition coefficient (Wildman–Crippen LogP) is 3.60. The van der Waals surface area contributed by atoms with E-state index in [-0.39, 0.29) is 22.8 Å². The molecule has 2 nitrogen and oxygen atoms in total. The molecule has 0 aromatic rings. The molecule has 0 bridgehead atoms. The number of carbonyl (C=O) groups is 1. The van der Waals surface area contributed by atoms with Gasteiger partial charge in [0.1, 0.15) is 10.1 Å². The fraction of sp³-hybridized carbons (Fsp3) is 0.667. The van der Waals surface area contributed by atoms with E-state index in [1.807, 2.05) is 13.8 Å². The standard InChI is InChI=1S/C9H11Cl3O2/c1-3-9(2)5(4-6(13)14-9)7(10)8(11)12/h5H,3-4H2,1-2H3. The Balaban J connectivity index is 2.99. The summed E-state index contributed by atoms with van der Waals surface area (Å²) in [5.41, 5.74) is -0.580. The van der Waals surface area contributed by atoms with Crippen LogP contribution in [0.2, 0.25) is 0 Å². The molecule has 0 N–H and O–H groups in total. The van der Waals surface area contributed by atoms with Crippen molar-refractivity contribution in [3.8, 4) is 0 Å². The van der Waals surface area contributed by atoms with Crippen LogP contribution < -0.4 is 0 Å². The van der Waals surface area contributed by atoms with E-state index in [1.165, 1.54) is 0 Å². The zero-order valence-electron chi connectivity index (χ0n) is 7.94. The van der Waals surface area contributed by atoms with Crippen LogP contribution in [-0.4, -0.2) is 11.6 Å². The Morgan fingerprint density at radius 1 is 1.57 bits per heavy atom. The van der Waals surface area contributed by atoms with E-state index in [2.05, 4.69) is 0 Å². The van der Waals surface area contributed by atoms with Crippen molar-refractivity contribution in [1.82, 2.24) is 0 Å². The molecule has 14 heavy (non-hydrogen) atoms. The Morgan fingerprint density at radius 2 is 2.14 bits per heavy atom. The van der Waals surface area contributed by atoms with Crippen molar-refractivity contribution in [2.75, 3.05) is 0 Å². The molecular weight excluding hydrogens is 246 g/mol. The van der Waals surface area contributed by atoms with Crippen molar-refractivity contribution in [3.63, 3.8) is 0 Å². The van der Waals surface area contributed by atoms with Crippen LogP contribution in [0.5, 0.6) is 0 Å². The second kappa shape index (κ2) is 4.30. The van der Waals surface area contributed by atoms with Gasteiger partial charge in [-0.2, -0.15) is 0 Å². The van der Waals surface area contributed by atoms with E-state index < -0.39 is 5.60 Å². The third-order valence-electron chi connectivity index (χ3n) is 2.64. The zero-order chi connectivity index (χ0) is 10.9. The molecule has 1 aliphatic heterocycles. The first-order valence-electron chi connectivity index (χ1n) is 4.33. The van der Waals surface area contributed by atoms with Gasteiger partial charge in [-0.05, 0) is 13.3 Å². The van der Waals surface area contributed by atoms with Crippen LogP contribution in [0.25, 0.3) is 0 Å². The molecule has 1 aliphatic rings. The minimum Gasteiger partial charge on any atom is -0.459 e. The summed E-state index contributed by atoms with van der Waals surface area (Å²) in [6, 6.07) is 0. The van der Waals surface area contributed by atoms with Crippen LogP contribution in [0.1, 0.15) is 26.7 Å². The molecule has 0 radical (unpaired) electrons. The lowest BCUT2D eigenvalue weighted by atomic mass is 9.87. The summed E-state index contributed by atoms with van der Waals surface area (Å²) in [4.78, 5) is 11.2. The number of hydrogen-bond donors (Lipinski definition) is 0. The Morgan fingerprint density at radius 3 is 2.57 bits per heavy atom. The maximum Gasteiger partial charge on any atom is 0.307 e. The maximum absolute atomic E-state index is 11.2. The van der Waals surface area contributed by atoms with Gasteiger partial charge in [0.25, 0.3) is 0 Å². The summed E-state index contributed by atoms with van der Waals surface area (Å²) in [5, 5.41) is 0.309. The van der Waals surface area contributed by atoms with Crippen molar-refractivity contribution >= 4 is 40.8 Å². The van der Waals surface area contributed by atoms with E-state index in [9.17, 15) is 4.79 Å². The quantitative estimate of drug-likeness (QED) is 0.707. The Hall–Kier alpha value is 0.0800. The van der Waals surface area contributed by atoms with Gasteiger partial charge in [0.2, 0.25) is 0 Å². The van der Waals surface area contributed by atoms with E-state index >= 15 is 0 Å². The number of esters is 1. The average Bonchev–Trinajstić information content (AvgIpc) is 2.41. The molecule has 0 aromatic heterocycles. The first kappa shape index (κ1) is 12.2. The van der Waals surface area contributed by atoms with Crippen molar-refractivity contribution in [1.29, 1.82) is 0 Å². The molecule has 0 amide bonds. The first-order valence-corrected chi connectivity index (χ1v) is 5.46.